The van der Waals surface area contributed by atoms with Crippen LogP contribution in [-0.2, 0) is 0 Å². The van der Waals surface area contributed by atoms with Gasteiger partial charge in [0.1, 0.15) is 0 Å². The van der Waals surface area contributed by atoms with Crippen molar-refractivity contribution >= 4 is 13.3 Å². The Labute approximate surface area is 67.1 Å². The van der Waals surface area contributed by atoms with E-state index in [0.29, 0.717) is 0 Å². The van der Waals surface area contributed by atoms with E-state index < -0.39 is 13.3 Å². The van der Waals surface area contributed by atoms with Gasteiger partial charge in [-0.1, -0.05) is 0 Å². The van der Waals surface area contributed by atoms with Crippen molar-refractivity contribution in [3.05, 3.63) is 11.6 Å². The van der Waals surface area contributed by atoms with E-state index in [-0.39, 0.29) is 0 Å². The summed E-state index contributed by atoms with van der Waals surface area (Å²) in [4.78, 5) is 0. The fourth-order valence-corrected chi connectivity index (χ4v) is 9.95. The summed E-state index contributed by atoms with van der Waals surface area (Å²) in [7, 11) is 0. The zero-order chi connectivity index (χ0) is 7.61. The summed E-state index contributed by atoms with van der Waals surface area (Å²) < 4.78 is 0. The van der Waals surface area contributed by atoms with Crippen LogP contribution in [0.2, 0.25) is 21.0 Å². The molecule has 0 fully saturated rings. The molecule has 0 nitrogen and oxygen atoms in total. The molecule has 0 saturated carbocycles. The second-order valence-corrected chi connectivity index (χ2v) is 14.5. The molecule has 0 aromatic rings. The van der Waals surface area contributed by atoms with E-state index >= 15 is 0 Å². The van der Waals surface area contributed by atoms with Gasteiger partial charge in [-0.2, -0.15) is 0 Å². The van der Waals surface area contributed by atoms with Crippen LogP contribution in [0.1, 0.15) is 20.8 Å². The molecule has 1 heteroatoms. The standard InChI is InChI=1S/C9H18Ge/c1-4-10(5-2)7-6-9(3)8-10/h6H,4-5,7-8H2,1-3H3. The molecule has 0 radical (unpaired) electrons. The van der Waals surface area contributed by atoms with Crippen molar-refractivity contribution < 1.29 is 0 Å². The fourth-order valence-electron chi connectivity index (χ4n) is 1.92. The molecule has 0 amide bonds. The third kappa shape index (κ3) is 1.47. The molecule has 0 aromatic carbocycles. The third-order valence-electron chi connectivity index (χ3n) is 3.04. The number of rotatable bonds is 2. The van der Waals surface area contributed by atoms with Crippen LogP contribution in [0.3, 0.4) is 0 Å². The summed E-state index contributed by atoms with van der Waals surface area (Å²) in [5, 5.41) is 6.11. The van der Waals surface area contributed by atoms with Crippen LogP contribution in [0.4, 0.5) is 0 Å². The van der Waals surface area contributed by atoms with Crippen molar-refractivity contribution in [3.63, 3.8) is 0 Å². The van der Waals surface area contributed by atoms with Gasteiger partial charge >= 0.3 is 66.7 Å². The second-order valence-electron chi connectivity index (χ2n) is 3.64. The van der Waals surface area contributed by atoms with E-state index in [0.717, 1.165) is 0 Å². The summed E-state index contributed by atoms with van der Waals surface area (Å²) in [5.74, 6) is 0. The molecule has 1 rings (SSSR count). The molecule has 0 saturated heterocycles. The van der Waals surface area contributed by atoms with Crippen LogP contribution < -0.4 is 0 Å². The predicted octanol–water partition coefficient (Wildman–Crippen LogP) is 3.43. The Morgan fingerprint density at radius 1 is 1.40 bits per heavy atom. The van der Waals surface area contributed by atoms with Gasteiger partial charge in [0.05, 0.1) is 0 Å². The summed E-state index contributed by atoms with van der Waals surface area (Å²) >= 11 is -1.22. The Bertz CT molecular complexity index is 143. The third-order valence-corrected chi connectivity index (χ3v) is 14.3. The molecule has 0 bridgehead atoms. The first-order valence-electron chi connectivity index (χ1n) is 4.38. The van der Waals surface area contributed by atoms with Gasteiger partial charge in [-0.15, -0.1) is 0 Å². The van der Waals surface area contributed by atoms with Gasteiger partial charge in [0.15, 0.2) is 0 Å². The minimum atomic E-state index is -1.22. The van der Waals surface area contributed by atoms with Gasteiger partial charge < -0.3 is 0 Å². The van der Waals surface area contributed by atoms with Crippen LogP contribution in [-0.4, -0.2) is 13.3 Å². The first kappa shape index (κ1) is 8.38. The average Bonchev–Trinajstić information content (AvgIpc) is 2.33. The van der Waals surface area contributed by atoms with Crippen LogP contribution >= 0.6 is 0 Å². The molecular formula is C9H18Ge. The van der Waals surface area contributed by atoms with Crippen molar-refractivity contribution in [2.75, 3.05) is 0 Å². The quantitative estimate of drug-likeness (QED) is 0.471. The molecule has 1 heterocycles. The Morgan fingerprint density at radius 2 is 2.00 bits per heavy atom. The van der Waals surface area contributed by atoms with Crippen molar-refractivity contribution in [3.8, 4) is 0 Å². The SMILES string of the molecule is C[CH2][Ge]1([CH2]C)[CH2]C=C(C)[CH2]1. The molecule has 1 aliphatic rings. The molecule has 0 aromatic heterocycles. The van der Waals surface area contributed by atoms with Gasteiger partial charge in [0.2, 0.25) is 0 Å². The molecule has 0 aliphatic carbocycles. The normalized spacial score (nSPS) is 22.9. The zero-order valence-corrected chi connectivity index (χ0v) is 9.50. The van der Waals surface area contributed by atoms with Crippen molar-refractivity contribution in [2.45, 2.75) is 41.8 Å². The molecule has 0 unspecified atom stereocenters. The molecule has 10 heavy (non-hydrogen) atoms. The van der Waals surface area contributed by atoms with Gasteiger partial charge in [0.25, 0.3) is 0 Å². The minimum absolute atomic E-state index is 1.22. The van der Waals surface area contributed by atoms with Gasteiger partial charge in [0, 0.05) is 0 Å². The monoisotopic (exact) mass is 200 g/mol. The first-order valence-corrected chi connectivity index (χ1v) is 10.3. The van der Waals surface area contributed by atoms with Gasteiger partial charge in [-0.3, -0.25) is 0 Å². The first-order chi connectivity index (χ1) is 4.72. The van der Waals surface area contributed by atoms with E-state index in [2.05, 4.69) is 26.8 Å². The van der Waals surface area contributed by atoms with Crippen LogP contribution in [0.5, 0.6) is 0 Å². The Balaban J connectivity index is 2.57. The molecule has 0 atom stereocenters. The fraction of sp³-hybridized carbons (Fsp3) is 0.778. The number of hydrogen-bond donors (Lipinski definition) is 0. The van der Waals surface area contributed by atoms with E-state index in [1.807, 2.05) is 0 Å². The summed E-state index contributed by atoms with van der Waals surface area (Å²) in [5.41, 5.74) is 1.68. The second kappa shape index (κ2) is 3.12. The molecule has 1 aliphatic heterocycles. The summed E-state index contributed by atoms with van der Waals surface area (Å²) in [6.45, 7) is 7.10. The summed E-state index contributed by atoms with van der Waals surface area (Å²) in [6, 6.07) is 0. The van der Waals surface area contributed by atoms with Gasteiger partial charge in [-0.05, 0) is 0 Å². The van der Waals surface area contributed by atoms with E-state index in [1.54, 1.807) is 5.57 Å². The zero-order valence-electron chi connectivity index (χ0n) is 7.41. The van der Waals surface area contributed by atoms with Crippen LogP contribution in [0.15, 0.2) is 11.6 Å². The molecular weight excluding hydrogens is 181 g/mol. The molecule has 58 valence electrons. The van der Waals surface area contributed by atoms with Crippen LogP contribution in [0, 0.1) is 0 Å². The number of allylic oxidation sites excluding steroid dienone is 2. The topological polar surface area (TPSA) is 0 Å². The van der Waals surface area contributed by atoms with Crippen molar-refractivity contribution in [1.29, 1.82) is 0 Å². The van der Waals surface area contributed by atoms with Gasteiger partial charge in [-0.25, -0.2) is 0 Å². The maximum atomic E-state index is 2.49. The number of hydrogen-bond acceptors (Lipinski definition) is 0. The van der Waals surface area contributed by atoms with E-state index in [9.17, 15) is 0 Å². The summed E-state index contributed by atoms with van der Waals surface area (Å²) in [6.07, 6.45) is 2.49. The van der Waals surface area contributed by atoms with Crippen molar-refractivity contribution in [1.82, 2.24) is 0 Å². The van der Waals surface area contributed by atoms with E-state index in [4.69, 9.17) is 0 Å². The predicted molar refractivity (Wildman–Crippen MR) is 50.1 cm³/mol. The Kier molecular flexibility index (Phi) is 2.62. The Hall–Kier alpha value is 0.283. The van der Waals surface area contributed by atoms with E-state index in [1.165, 1.54) is 21.0 Å². The van der Waals surface area contributed by atoms with Crippen LogP contribution in [0.25, 0.3) is 0 Å². The maximum absolute atomic E-state index is 2.49. The van der Waals surface area contributed by atoms with Crippen molar-refractivity contribution in [2.24, 2.45) is 0 Å². The molecule has 0 spiro atoms. The Morgan fingerprint density at radius 3 is 2.20 bits per heavy atom. The molecule has 0 N–H and O–H groups in total. The average molecular weight is 199 g/mol.